The lowest BCUT2D eigenvalue weighted by atomic mass is 10.0. The second-order valence-electron chi connectivity index (χ2n) is 11.5. The summed E-state index contributed by atoms with van der Waals surface area (Å²) < 4.78 is 75.5. The van der Waals surface area contributed by atoms with Crippen molar-refractivity contribution in [3.8, 4) is 5.75 Å². The molecule has 3 aromatic rings. The van der Waals surface area contributed by atoms with E-state index in [1.165, 1.54) is 0 Å². The highest BCUT2D eigenvalue weighted by Gasteiger charge is 2.50. The molecule has 44 heavy (non-hydrogen) atoms. The molecule has 234 valence electrons. The van der Waals surface area contributed by atoms with Crippen LogP contribution in [0, 0.1) is 0 Å². The summed E-state index contributed by atoms with van der Waals surface area (Å²) in [6, 6.07) is 10.8. The molecule has 1 N–H and O–H groups in total. The van der Waals surface area contributed by atoms with Crippen LogP contribution in [-0.2, 0) is 29.4 Å². The van der Waals surface area contributed by atoms with Gasteiger partial charge in [0.2, 0.25) is 0 Å². The first-order valence-electron chi connectivity index (χ1n) is 14.4. The van der Waals surface area contributed by atoms with Crippen LogP contribution in [0.2, 0.25) is 0 Å². The third-order valence-electron chi connectivity index (χ3n) is 8.01. The topological polar surface area (TPSA) is 79.7 Å². The predicted octanol–water partition coefficient (Wildman–Crippen LogP) is 5.47. The third kappa shape index (κ3) is 5.49. The molecule has 3 aliphatic heterocycles. The molecule has 0 saturated heterocycles. The molecule has 0 amide bonds. The number of methoxy groups -OCH3 is 1. The first-order chi connectivity index (χ1) is 20.9. The van der Waals surface area contributed by atoms with Crippen molar-refractivity contribution < 1.29 is 26.3 Å². The van der Waals surface area contributed by atoms with Crippen molar-refractivity contribution in [2.24, 2.45) is 0 Å². The van der Waals surface area contributed by atoms with E-state index in [0.29, 0.717) is 40.6 Å². The predicted molar refractivity (Wildman–Crippen MR) is 167 cm³/mol. The smallest absolute Gasteiger partial charge is 0.497 e. The van der Waals surface area contributed by atoms with Crippen LogP contribution in [0.25, 0.3) is 16.6 Å². The molecular weight excluding hydrogens is 612 g/mol. The molecule has 3 aliphatic rings. The summed E-state index contributed by atoms with van der Waals surface area (Å²) in [5, 5.41) is 3.40. The van der Waals surface area contributed by atoms with Gasteiger partial charge in [-0.2, -0.15) is 21.6 Å². The number of hydrogen-bond acceptors (Lipinski definition) is 8. The Labute approximate surface area is 259 Å². The summed E-state index contributed by atoms with van der Waals surface area (Å²) in [5.74, 6) is 1.11. The zero-order valence-electron chi connectivity index (χ0n) is 24.9. The van der Waals surface area contributed by atoms with Gasteiger partial charge in [-0.25, -0.2) is 8.96 Å². The summed E-state index contributed by atoms with van der Waals surface area (Å²) in [6.45, 7) is 5.78. The number of nitrogens with one attached hydrogen (secondary N) is 1. The highest BCUT2D eigenvalue weighted by Crippen LogP contribution is 2.45. The molecule has 0 spiro atoms. The Balaban J connectivity index is 1.58. The molecule has 0 radical (unpaired) electrons. The van der Waals surface area contributed by atoms with Crippen molar-refractivity contribution in [1.29, 1.82) is 0 Å². The summed E-state index contributed by atoms with van der Waals surface area (Å²) >= 11 is 1.55. The first kappa shape index (κ1) is 30.6. The largest absolute Gasteiger partial charge is 0.517 e. The second kappa shape index (κ2) is 11.5. The lowest BCUT2D eigenvalue weighted by Crippen LogP contribution is -2.34. The molecule has 0 aliphatic carbocycles. The summed E-state index contributed by atoms with van der Waals surface area (Å²) in [7, 11) is -2.27. The number of nitrogens with zero attached hydrogens (tertiary/aromatic N) is 4. The van der Waals surface area contributed by atoms with Gasteiger partial charge in [0.1, 0.15) is 5.75 Å². The maximum Gasteiger partial charge on any atom is 0.517 e. The minimum Gasteiger partial charge on any atom is -0.497 e. The molecule has 6 rings (SSSR count). The Morgan fingerprint density at radius 1 is 1.09 bits per heavy atom. The number of hydrogen-bond donors (Lipinski definition) is 1. The van der Waals surface area contributed by atoms with Crippen molar-refractivity contribution in [2.45, 2.75) is 44.8 Å². The average Bonchev–Trinajstić information content (AvgIpc) is 3.56. The summed E-state index contributed by atoms with van der Waals surface area (Å²) in [5.41, 5.74) is -0.876. The maximum atomic E-state index is 14.4. The lowest BCUT2D eigenvalue weighted by molar-refractivity contribution is -0.0445. The zero-order valence-corrected chi connectivity index (χ0v) is 26.5. The van der Waals surface area contributed by atoms with Crippen LogP contribution in [0.4, 0.5) is 13.2 Å². The van der Waals surface area contributed by atoms with Crippen LogP contribution in [0.3, 0.4) is 0 Å². The highest BCUT2D eigenvalue weighted by atomic mass is 32.2. The van der Waals surface area contributed by atoms with Gasteiger partial charge in [0.05, 0.1) is 40.0 Å². The van der Waals surface area contributed by atoms with E-state index < -0.39 is 15.5 Å². The van der Waals surface area contributed by atoms with Crippen LogP contribution in [0.1, 0.15) is 36.4 Å². The lowest BCUT2D eigenvalue weighted by Gasteiger charge is -2.32. The van der Waals surface area contributed by atoms with Crippen molar-refractivity contribution in [3.05, 3.63) is 87.5 Å². The van der Waals surface area contributed by atoms with Crippen LogP contribution in [0.5, 0.6) is 5.75 Å². The van der Waals surface area contributed by atoms with E-state index in [1.807, 2.05) is 50.1 Å². The fraction of sp³-hybridized carbons (Fsp3) is 0.387. The number of ether oxygens (including phenoxy) is 1. The Hall–Kier alpha value is -3.42. The number of allylic oxidation sites excluding steroid dienone is 1. The summed E-state index contributed by atoms with van der Waals surface area (Å²) in [6.07, 6.45) is 5.09. The van der Waals surface area contributed by atoms with Crippen LogP contribution in [0.15, 0.2) is 65.0 Å². The van der Waals surface area contributed by atoms with Gasteiger partial charge in [-0.3, -0.25) is 0 Å². The molecule has 0 unspecified atom stereocenters. The Bertz CT molecular complexity index is 1810. The first-order valence-corrected chi connectivity index (χ1v) is 16.8. The standard InChI is InChI=1S/C31H34F3N5O3S2/c1-19(2)35-28-24(18-38(26-11-14-43-29(26)28)17-20-5-7-23(42-4)8-6-20)30-36-25-15-21-9-12-37(3)13-10-22(21)16-27(25)39(30)44(40,41)31(32,33)34/h5-8,11,15-16,18-19,35H,9-10,12-14,17H2,1-4H3. The fourth-order valence-electron chi connectivity index (χ4n) is 5.80. The SMILES string of the molecule is COc1ccc(CN2C=C(c3nc4cc5c(cc4n3S(=O)(=O)C(F)(F)F)CCN(C)CC5)C(NC(C)C)=C3SCC=C32)cc1. The normalized spacial score (nSPS) is 17.9. The van der Waals surface area contributed by atoms with Crippen molar-refractivity contribution >= 4 is 38.4 Å². The number of benzene rings is 2. The van der Waals surface area contributed by atoms with Crippen LogP contribution < -0.4 is 10.1 Å². The minimum atomic E-state index is -5.85. The number of thioether (sulfide) groups is 1. The number of rotatable bonds is 7. The number of halogens is 3. The molecule has 0 fully saturated rings. The van der Waals surface area contributed by atoms with E-state index in [1.54, 1.807) is 37.2 Å². The number of aromatic nitrogens is 2. The van der Waals surface area contributed by atoms with Gasteiger partial charge >= 0.3 is 15.5 Å². The van der Waals surface area contributed by atoms with Crippen LogP contribution >= 0.6 is 11.8 Å². The molecule has 1 aromatic heterocycles. The van der Waals surface area contributed by atoms with E-state index in [4.69, 9.17) is 4.74 Å². The van der Waals surface area contributed by atoms with Gasteiger partial charge < -0.3 is 19.9 Å². The monoisotopic (exact) mass is 645 g/mol. The van der Waals surface area contributed by atoms with Crippen LogP contribution in [-0.4, -0.2) is 71.7 Å². The molecule has 0 atom stereocenters. The molecular formula is C31H34F3N5O3S2. The Kier molecular flexibility index (Phi) is 8.00. The number of alkyl halides is 3. The molecule has 13 heteroatoms. The van der Waals surface area contributed by atoms with Crippen molar-refractivity contribution in [3.63, 3.8) is 0 Å². The van der Waals surface area contributed by atoms with E-state index >= 15 is 0 Å². The zero-order chi connectivity index (χ0) is 31.4. The molecule has 0 bridgehead atoms. The molecule has 2 aromatic carbocycles. The molecule has 8 nitrogen and oxygen atoms in total. The van der Waals surface area contributed by atoms with E-state index in [-0.39, 0.29) is 28.5 Å². The number of likely N-dealkylation sites (N-methyl/N-ethyl adjacent to an activating group) is 1. The van der Waals surface area contributed by atoms with E-state index in [0.717, 1.165) is 40.4 Å². The minimum absolute atomic E-state index is 0.0717. The van der Waals surface area contributed by atoms with Crippen molar-refractivity contribution in [1.82, 2.24) is 24.1 Å². The van der Waals surface area contributed by atoms with E-state index in [9.17, 15) is 21.6 Å². The van der Waals surface area contributed by atoms with Gasteiger partial charge in [0.25, 0.3) is 0 Å². The third-order valence-corrected chi connectivity index (χ3v) is 10.5. The molecule has 0 saturated carbocycles. The van der Waals surface area contributed by atoms with E-state index in [2.05, 4.69) is 21.3 Å². The van der Waals surface area contributed by atoms with Crippen molar-refractivity contribution in [2.75, 3.05) is 33.0 Å². The van der Waals surface area contributed by atoms with Gasteiger partial charge in [-0.05, 0) is 80.8 Å². The van der Waals surface area contributed by atoms with Gasteiger partial charge in [-0.1, -0.05) is 12.1 Å². The summed E-state index contributed by atoms with van der Waals surface area (Å²) in [4.78, 5) is 9.60. The second-order valence-corrected chi connectivity index (χ2v) is 14.3. The Morgan fingerprint density at radius 3 is 2.41 bits per heavy atom. The maximum absolute atomic E-state index is 14.4. The van der Waals surface area contributed by atoms with Gasteiger partial charge in [-0.15, -0.1) is 11.8 Å². The van der Waals surface area contributed by atoms with Gasteiger partial charge in [0, 0.05) is 37.6 Å². The fourth-order valence-corrected chi connectivity index (χ4v) is 7.84. The molecule has 4 heterocycles. The van der Waals surface area contributed by atoms with Gasteiger partial charge in [0.15, 0.2) is 5.82 Å². The number of imidazole rings is 1. The average molecular weight is 646 g/mol. The Morgan fingerprint density at radius 2 is 1.77 bits per heavy atom. The highest BCUT2D eigenvalue weighted by molar-refractivity contribution is 8.03. The quantitative estimate of drug-likeness (QED) is 0.363. The number of fused-ring (bicyclic) bond motifs is 3.